The van der Waals surface area contributed by atoms with Crippen LogP contribution in [0.25, 0.3) is 0 Å². The first kappa shape index (κ1) is 26.7. The van der Waals surface area contributed by atoms with Gasteiger partial charge in [-0.15, -0.1) is 24.0 Å². The van der Waals surface area contributed by atoms with Crippen molar-refractivity contribution in [3.8, 4) is 23.0 Å². The van der Waals surface area contributed by atoms with Crippen LogP contribution in [0.4, 0.5) is 0 Å². The second kappa shape index (κ2) is 14.6. The van der Waals surface area contributed by atoms with Crippen LogP contribution in [-0.2, 0) is 13.0 Å². The van der Waals surface area contributed by atoms with Crippen molar-refractivity contribution in [2.75, 3.05) is 41.5 Å². The molecule has 0 aliphatic rings. The third-order valence-corrected chi connectivity index (χ3v) is 4.53. The fraction of sp³-hybridized carbons (Fsp3) is 0.435. The zero-order chi connectivity index (χ0) is 21.8. The van der Waals surface area contributed by atoms with Crippen LogP contribution in [0.15, 0.2) is 41.4 Å². The quantitative estimate of drug-likeness (QED) is 0.254. The van der Waals surface area contributed by atoms with Gasteiger partial charge in [-0.2, -0.15) is 0 Å². The maximum Gasteiger partial charge on any atom is 0.191 e. The third kappa shape index (κ3) is 8.35. The van der Waals surface area contributed by atoms with Gasteiger partial charge >= 0.3 is 0 Å². The number of nitrogens with one attached hydrogen (secondary N) is 2. The van der Waals surface area contributed by atoms with Gasteiger partial charge in [-0.25, -0.2) is 0 Å². The first-order chi connectivity index (χ1) is 14.6. The molecule has 0 saturated heterocycles. The minimum Gasteiger partial charge on any atom is -0.493 e. The number of halogens is 1. The Bertz CT molecular complexity index is 830. The van der Waals surface area contributed by atoms with Crippen LogP contribution >= 0.6 is 24.0 Å². The second-order valence-corrected chi connectivity index (χ2v) is 6.63. The van der Waals surface area contributed by atoms with Crippen LogP contribution < -0.4 is 29.6 Å². The zero-order valence-electron chi connectivity index (χ0n) is 19.0. The average molecular weight is 543 g/mol. The SMILES string of the molecule is CCCOc1ccc(CNC(=NC)NCCc2ccc(OC)c(OC)c2)cc1OC.I. The number of methoxy groups -OCH3 is 3. The Morgan fingerprint density at radius 1 is 0.839 bits per heavy atom. The Morgan fingerprint density at radius 2 is 1.45 bits per heavy atom. The van der Waals surface area contributed by atoms with Gasteiger partial charge in [0.1, 0.15) is 0 Å². The smallest absolute Gasteiger partial charge is 0.191 e. The number of hydrogen-bond donors (Lipinski definition) is 2. The summed E-state index contributed by atoms with van der Waals surface area (Å²) in [5, 5.41) is 6.66. The van der Waals surface area contributed by atoms with Gasteiger partial charge in [-0.05, 0) is 48.2 Å². The van der Waals surface area contributed by atoms with Crippen molar-refractivity contribution in [3.63, 3.8) is 0 Å². The van der Waals surface area contributed by atoms with Gasteiger partial charge in [-0.3, -0.25) is 4.99 Å². The number of nitrogens with zero attached hydrogens (tertiary/aromatic N) is 1. The van der Waals surface area contributed by atoms with E-state index in [4.69, 9.17) is 18.9 Å². The Balaban J connectivity index is 0.00000480. The minimum atomic E-state index is 0. The highest BCUT2D eigenvalue weighted by atomic mass is 127. The monoisotopic (exact) mass is 543 g/mol. The molecule has 8 heteroatoms. The van der Waals surface area contributed by atoms with Crippen molar-refractivity contribution in [1.29, 1.82) is 0 Å². The predicted molar refractivity (Wildman–Crippen MR) is 136 cm³/mol. The van der Waals surface area contributed by atoms with Crippen LogP contribution in [0.3, 0.4) is 0 Å². The zero-order valence-corrected chi connectivity index (χ0v) is 21.3. The molecule has 0 aromatic heterocycles. The topological polar surface area (TPSA) is 73.3 Å². The highest BCUT2D eigenvalue weighted by molar-refractivity contribution is 14.0. The van der Waals surface area contributed by atoms with Crippen LogP contribution in [0, 0.1) is 0 Å². The lowest BCUT2D eigenvalue weighted by atomic mass is 10.1. The predicted octanol–water partition coefficient (Wildman–Crippen LogP) is 4.03. The molecule has 31 heavy (non-hydrogen) atoms. The standard InChI is InChI=1S/C23H33N3O4.HI/c1-6-13-30-20-10-8-18(15-22(20)29-5)16-26-23(24-2)25-12-11-17-7-9-19(27-3)21(14-17)28-4;/h7-10,14-15H,6,11-13,16H2,1-5H3,(H2,24,25,26);1H. The molecule has 0 aliphatic heterocycles. The summed E-state index contributed by atoms with van der Waals surface area (Å²) in [5.41, 5.74) is 2.24. The molecule has 172 valence electrons. The van der Waals surface area contributed by atoms with E-state index >= 15 is 0 Å². The van der Waals surface area contributed by atoms with Gasteiger partial charge in [0.25, 0.3) is 0 Å². The van der Waals surface area contributed by atoms with E-state index < -0.39 is 0 Å². The van der Waals surface area contributed by atoms with Crippen molar-refractivity contribution in [2.24, 2.45) is 4.99 Å². The Morgan fingerprint density at radius 3 is 2.10 bits per heavy atom. The van der Waals surface area contributed by atoms with Gasteiger partial charge in [0.2, 0.25) is 0 Å². The van der Waals surface area contributed by atoms with Crippen molar-refractivity contribution >= 4 is 29.9 Å². The molecule has 0 aliphatic carbocycles. The lowest BCUT2D eigenvalue weighted by molar-refractivity contribution is 0.294. The van der Waals surface area contributed by atoms with Crippen LogP contribution in [0.1, 0.15) is 24.5 Å². The van der Waals surface area contributed by atoms with E-state index in [0.29, 0.717) is 13.2 Å². The Kier molecular flexibility index (Phi) is 12.6. The average Bonchev–Trinajstić information content (AvgIpc) is 2.79. The molecule has 2 aromatic carbocycles. The number of ether oxygens (including phenoxy) is 4. The fourth-order valence-corrected chi connectivity index (χ4v) is 2.92. The molecular formula is C23H34IN3O4. The second-order valence-electron chi connectivity index (χ2n) is 6.63. The van der Waals surface area contributed by atoms with Crippen LogP contribution in [0.2, 0.25) is 0 Å². The first-order valence-corrected chi connectivity index (χ1v) is 10.1. The van der Waals surface area contributed by atoms with Gasteiger partial charge in [0.05, 0.1) is 27.9 Å². The van der Waals surface area contributed by atoms with Crippen LogP contribution in [-0.4, -0.2) is 47.5 Å². The van der Waals surface area contributed by atoms with E-state index in [1.165, 1.54) is 0 Å². The molecule has 0 radical (unpaired) electrons. The summed E-state index contributed by atoms with van der Waals surface area (Å²) in [5.74, 6) is 3.70. The lowest BCUT2D eigenvalue weighted by Gasteiger charge is -2.14. The van der Waals surface area contributed by atoms with Crippen molar-refractivity contribution < 1.29 is 18.9 Å². The summed E-state index contributed by atoms with van der Waals surface area (Å²) in [6.45, 7) is 4.11. The van der Waals surface area contributed by atoms with Crippen molar-refractivity contribution in [2.45, 2.75) is 26.3 Å². The van der Waals surface area contributed by atoms with E-state index in [9.17, 15) is 0 Å². The maximum atomic E-state index is 5.71. The Hall–Kier alpha value is -2.36. The summed E-state index contributed by atoms with van der Waals surface area (Å²) in [6.07, 6.45) is 1.79. The van der Waals surface area contributed by atoms with Gasteiger partial charge in [-0.1, -0.05) is 19.1 Å². The summed E-state index contributed by atoms with van der Waals surface area (Å²) in [6, 6.07) is 11.9. The van der Waals surface area contributed by atoms with E-state index in [0.717, 1.165) is 59.5 Å². The lowest BCUT2D eigenvalue weighted by Crippen LogP contribution is -2.37. The molecule has 7 nitrogen and oxygen atoms in total. The summed E-state index contributed by atoms with van der Waals surface area (Å²) in [7, 11) is 6.69. The van der Waals surface area contributed by atoms with Gasteiger partial charge in [0, 0.05) is 20.1 Å². The summed E-state index contributed by atoms with van der Waals surface area (Å²) in [4.78, 5) is 4.29. The summed E-state index contributed by atoms with van der Waals surface area (Å²) >= 11 is 0. The molecule has 0 unspecified atom stereocenters. The first-order valence-electron chi connectivity index (χ1n) is 10.1. The van der Waals surface area contributed by atoms with Crippen molar-refractivity contribution in [3.05, 3.63) is 47.5 Å². The van der Waals surface area contributed by atoms with Crippen LogP contribution in [0.5, 0.6) is 23.0 Å². The van der Waals surface area contributed by atoms with E-state index in [-0.39, 0.29) is 24.0 Å². The minimum absolute atomic E-state index is 0. The highest BCUT2D eigenvalue weighted by Gasteiger charge is 2.07. The normalized spacial score (nSPS) is 10.7. The van der Waals surface area contributed by atoms with E-state index in [1.807, 2.05) is 36.4 Å². The number of aliphatic imine (C=N–C) groups is 1. The molecule has 0 atom stereocenters. The number of hydrogen-bond acceptors (Lipinski definition) is 5. The molecule has 2 rings (SSSR count). The molecule has 0 heterocycles. The highest BCUT2D eigenvalue weighted by Crippen LogP contribution is 2.28. The number of rotatable bonds is 11. The van der Waals surface area contributed by atoms with Gasteiger partial charge < -0.3 is 29.6 Å². The fourth-order valence-electron chi connectivity index (χ4n) is 2.92. The van der Waals surface area contributed by atoms with Gasteiger partial charge in [0.15, 0.2) is 29.0 Å². The van der Waals surface area contributed by atoms with E-state index in [2.05, 4.69) is 22.5 Å². The summed E-state index contributed by atoms with van der Waals surface area (Å²) < 4.78 is 21.8. The molecule has 2 N–H and O–H groups in total. The molecule has 0 saturated carbocycles. The molecule has 0 bridgehead atoms. The molecule has 0 spiro atoms. The molecule has 2 aromatic rings. The maximum absolute atomic E-state index is 5.71. The van der Waals surface area contributed by atoms with Crippen molar-refractivity contribution in [1.82, 2.24) is 10.6 Å². The third-order valence-electron chi connectivity index (χ3n) is 4.53. The molecule has 0 fully saturated rings. The Labute approximate surface area is 202 Å². The largest absolute Gasteiger partial charge is 0.493 e. The molecule has 0 amide bonds. The van der Waals surface area contributed by atoms with E-state index in [1.54, 1.807) is 28.4 Å². The molecular weight excluding hydrogens is 509 g/mol. The number of benzene rings is 2. The number of guanidine groups is 1.